The summed E-state index contributed by atoms with van der Waals surface area (Å²) in [6.07, 6.45) is 1.68. The van der Waals surface area contributed by atoms with Crippen LogP contribution in [0.3, 0.4) is 0 Å². The van der Waals surface area contributed by atoms with Crippen molar-refractivity contribution >= 4 is 17.3 Å². The monoisotopic (exact) mass is 233 g/mol. The molecule has 0 saturated carbocycles. The van der Waals surface area contributed by atoms with Gasteiger partial charge in [-0.15, -0.1) is 0 Å². The Labute approximate surface area is 99.0 Å². The number of pyridine rings is 1. The second kappa shape index (κ2) is 4.32. The van der Waals surface area contributed by atoms with Gasteiger partial charge >= 0.3 is 0 Å². The molecule has 90 valence electrons. The van der Waals surface area contributed by atoms with Gasteiger partial charge in [0.1, 0.15) is 23.4 Å². The molecule has 0 aliphatic rings. The third-order valence-electron chi connectivity index (χ3n) is 2.33. The summed E-state index contributed by atoms with van der Waals surface area (Å²) >= 11 is 0. The molecule has 2 rings (SSSR count). The molecule has 5 N–H and O–H groups in total. The summed E-state index contributed by atoms with van der Waals surface area (Å²) < 4.78 is 5.41. The second-order valence-electron chi connectivity index (χ2n) is 3.85. The largest absolute Gasteiger partial charge is 0.444 e. The smallest absolute Gasteiger partial charge is 0.216 e. The van der Waals surface area contributed by atoms with E-state index in [1.54, 1.807) is 18.3 Å². The molecule has 0 bridgehead atoms. The number of nitrogens with zero attached hydrogens (tertiary/aromatic N) is 2. The van der Waals surface area contributed by atoms with E-state index in [2.05, 4.69) is 15.3 Å². The Morgan fingerprint density at radius 1 is 1.35 bits per heavy atom. The molecule has 6 heteroatoms. The van der Waals surface area contributed by atoms with E-state index in [4.69, 9.17) is 15.9 Å². The molecule has 0 saturated heterocycles. The van der Waals surface area contributed by atoms with Crippen LogP contribution in [0, 0.1) is 6.92 Å². The summed E-state index contributed by atoms with van der Waals surface area (Å²) in [7, 11) is 0. The molecule has 0 aliphatic heterocycles. The summed E-state index contributed by atoms with van der Waals surface area (Å²) in [5.74, 6) is 2.34. The lowest BCUT2D eigenvalue weighted by Crippen LogP contribution is -2.09. The minimum absolute atomic E-state index is 0.0841. The average Bonchev–Trinajstić information content (AvgIpc) is 2.70. The predicted molar refractivity (Wildman–Crippen MR) is 66.3 cm³/mol. The molecule has 0 spiro atoms. The Morgan fingerprint density at radius 2 is 2.12 bits per heavy atom. The Kier molecular flexibility index (Phi) is 2.86. The fraction of sp³-hybridized carbons (Fsp3) is 0.273. The number of rotatable bonds is 3. The van der Waals surface area contributed by atoms with E-state index in [1.165, 1.54) is 0 Å². The first kappa shape index (κ1) is 11.3. The zero-order valence-corrected chi connectivity index (χ0v) is 9.77. The van der Waals surface area contributed by atoms with Crippen LogP contribution in [-0.2, 0) is 0 Å². The number of hydrogen-bond acceptors (Lipinski definition) is 6. The normalized spacial score (nSPS) is 12.4. The van der Waals surface area contributed by atoms with Crippen LogP contribution >= 0.6 is 0 Å². The maximum Gasteiger partial charge on any atom is 0.216 e. The lowest BCUT2D eigenvalue weighted by molar-refractivity contribution is 0.453. The van der Waals surface area contributed by atoms with Crippen molar-refractivity contribution < 1.29 is 4.42 Å². The molecule has 1 atom stereocenters. The summed E-state index contributed by atoms with van der Waals surface area (Å²) in [4.78, 5) is 8.26. The number of nitrogen functional groups attached to an aromatic ring is 2. The molecular weight excluding hydrogens is 218 g/mol. The van der Waals surface area contributed by atoms with Crippen molar-refractivity contribution in [3.8, 4) is 0 Å². The van der Waals surface area contributed by atoms with Crippen molar-refractivity contribution in [2.24, 2.45) is 0 Å². The highest BCUT2D eigenvalue weighted by atomic mass is 16.4. The standard InChI is InChI=1S/C11H15N5O/c1-6-5-14-11(17-6)7(2)15-9-4-3-8(12)10(13)16-9/h3-5,7H,12H2,1-2H3,(H3,13,15,16). The van der Waals surface area contributed by atoms with Crippen LogP contribution in [0.2, 0.25) is 0 Å². The van der Waals surface area contributed by atoms with Crippen LogP contribution in [0.25, 0.3) is 0 Å². The Bertz CT molecular complexity index is 522. The lowest BCUT2D eigenvalue weighted by atomic mass is 10.3. The first-order chi connectivity index (χ1) is 8.06. The number of aryl methyl sites for hydroxylation is 1. The fourth-order valence-electron chi connectivity index (χ4n) is 1.42. The van der Waals surface area contributed by atoms with Crippen LogP contribution in [0.4, 0.5) is 17.3 Å². The molecule has 0 fully saturated rings. The summed E-state index contributed by atoms with van der Waals surface area (Å²) in [6.45, 7) is 3.78. The van der Waals surface area contributed by atoms with Gasteiger partial charge in [-0.2, -0.15) is 0 Å². The maximum atomic E-state index is 5.62. The molecule has 2 aromatic heterocycles. The lowest BCUT2D eigenvalue weighted by Gasteiger charge is -2.11. The Hall–Kier alpha value is -2.24. The van der Waals surface area contributed by atoms with E-state index in [0.717, 1.165) is 5.76 Å². The molecule has 0 amide bonds. The molecule has 2 aromatic rings. The molecule has 1 unspecified atom stereocenters. The van der Waals surface area contributed by atoms with Crippen LogP contribution in [0.5, 0.6) is 0 Å². The number of aromatic nitrogens is 2. The predicted octanol–water partition coefficient (Wildman–Crippen LogP) is 1.72. The fourth-order valence-corrected chi connectivity index (χ4v) is 1.42. The highest BCUT2D eigenvalue weighted by Gasteiger charge is 2.11. The molecule has 0 radical (unpaired) electrons. The highest BCUT2D eigenvalue weighted by molar-refractivity contribution is 5.61. The van der Waals surface area contributed by atoms with E-state index in [1.807, 2.05) is 13.8 Å². The minimum Gasteiger partial charge on any atom is -0.444 e. The zero-order chi connectivity index (χ0) is 12.4. The second-order valence-corrected chi connectivity index (χ2v) is 3.85. The van der Waals surface area contributed by atoms with E-state index in [0.29, 0.717) is 23.2 Å². The van der Waals surface area contributed by atoms with Gasteiger partial charge in [-0.25, -0.2) is 9.97 Å². The summed E-state index contributed by atoms with van der Waals surface area (Å²) in [5, 5.41) is 3.14. The quantitative estimate of drug-likeness (QED) is 0.745. The number of nitrogens with one attached hydrogen (secondary N) is 1. The first-order valence-corrected chi connectivity index (χ1v) is 5.27. The summed E-state index contributed by atoms with van der Waals surface area (Å²) in [6, 6.07) is 3.38. The van der Waals surface area contributed by atoms with Crippen molar-refractivity contribution in [1.29, 1.82) is 0 Å². The van der Waals surface area contributed by atoms with Crippen LogP contribution in [0.15, 0.2) is 22.7 Å². The molecule has 17 heavy (non-hydrogen) atoms. The first-order valence-electron chi connectivity index (χ1n) is 5.27. The van der Waals surface area contributed by atoms with Gasteiger partial charge in [-0.1, -0.05) is 0 Å². The van der Waals surface area contributed by atoms with Crippen molar-refractivity contribution in [2.45, 2.75) is 19.9 Å². The van der Waals surface area contributed by atoms with E-state index in [9.17, 15) is 0 Å². The van der Waals surface area contributed by atoms with Crippen molar-refractivity contribution in [2.75, 3.05) is 16.8 Å². The van der Waals surface area contributed by atoms with Crippen molar-refractivity contribution in [1.82, 2.24) is 9.97 Å². The summed E-state index contributed by atoms with van der Waals surface area (Å²) in [5.41, 5.74) is 11.7. The molecule has 6 nitrogen and oxygen atoms in total. The van der Waals surface area contributed by atoms with Crippen molar-refractivity contribution in [3.05, 3.63) is 30.0 Å². The van der Waals surface area contributed by atoms with Gasteiger partial charge < -0.3 is 21.2 Å². The Balaban J connectivity index is 2.12. The highest BCUT2D eigenvalue weighted by Crippen LogP contribution is 2.20. The average molecular weight is 233 g/mol. The number of hydrogen-bond donors (Lipinski definition) is 3. The maximum absolute atomic E-state index is 5.62. The van der Waals surface area contributed by atoms with Gasteiger partial charge in [-0.3, -0.25) is 0 Å². The zero-order valence-electron chi connectivity index (χ0n) is 9.77. The van der Waals surface area contributed by atoms with E-state index in [-0.39, 0.29) is 6.04 Å². The number of oxazole rings is 1. The molecular formula is C11H15N5O. The van der Waals surface area contributed by atoms with Crippen LogP contribution in [-0.4, -0.2) is 9.97 Å². The molecule has 0 aliphatic carbocycles. The van der Waals surface area contributed by atoms with E-state index >= 15 is 0 Å². The minimum atomic E-state index is -0.0841. The van der Waals surface area contributed by atoms with Crippen LogP contribution in [0.1, 0.15) is 24.6 Å². The SMILES string of the molecule is Cc1cnc(C(C)Nc2ccc(N)c(N)n2)o1. The molecule has 2 heterocycles. The third kappa shape index (κ3) is 2.47. The third-order valence-corrected chi connectivity index (χ3v) is 2.33. The van der Waals surface area contributed by atoms with Gasteiger partial charge in [0.05, 0.1) is 11.9 Å². The molecule has 0 aromatic carbocycles. The van der Waals surface area contributed by atoms with E-state index < -0.39 is 0 Å². The van der Waals surface area contributed by atoms with Gasteiger partial charge in [0, 0.05) is 0 Å². The van der Waals surface area contributed by atoms with Crippen molar-refractivity contribution in [3.63, 3.8) is 0 Å². The van der Waals surface area contributed by atoms with Gasteiger partial charge in [0.2, 0.25) is 5.89 Å². The topological polar surface area (TPSA) is 103 Å². The van der Waals surface area contributed by atoms with Gasteiger partial charge in [-0.05, 0) is 26.0 Å². The number of anilines is 3. The number of nitrogens with two attached hydrogens (primary N) is 2. The van der Waals surface area contributed by atoms with Gasteiger partial charge in [0.25, 0.3) is 0 Å². The van der Waals surface area contributed by atoms with Gasteiger partial charge in [0.15, 0.2) is 0 Å². The van der Waals surface area contributed by atoms with Crippen LogP contribution < -0.4 is 16.8 Å². The Morgan fingerprint density at radius 3 is 2.71 bits per heavy atom.